The van der Waals surface area contributed by atoms with E-state index in [9.17, 15) is 9.18 Å². The highest BCUT2D eigenvalue weighted by Crippen LogP contribution is 2.23. The van der Waals surface area contributed by atoms with Gasteiger partial charge in [0.15, 0.2) is 5.78 Å². The molecule has 4 heteroatoms. The van der Waals surface area contributed by atoms with Gasteiger partial charge in [0, 0.05) is 22.0 Å². The first kappa shape index (κ1) is 13.8. The number of carbonyl (C=O) groups is 1. The van der Waals surface area contributed by atoms with Crippen molar-refractivity contribution in [2.24, 2.45) is 0 Å². The van der Waals surface area contributed by atoms with Gasteiger partial charge in [0.25, 0.3) is 0 Å². The second kappa shape index (κ2) is 6.06. The van der Waals surface area contributed by atoms with Crippen LogP contribution in [0.1, 0.15) is 10.4 Å². The number of Topliss-reactive ketones (excluding diaryl/α,β-unsaturated/α-hetero) is 1. The van der Waals surface area contributed by atoms with Crippen molar-refractivity contribution in [3.63, 3.8) is 0 Å². The fourth-order valence-electron chi connectivity index (χ4n) is 2.04. The van der Waals surface area contributed by atoms with Crippen LogP contribution in [0.5, 0.6) is 0 Å². The summed E-state index contributed by atoms with van der Waals surface area (Å²) in [6.07, 6.45) is 1.72. The average molecular weight is 297 g/mol. The molecule has 1 heterocycles. The Balaban J connectivity index is 1.76. The number of hydrogen-bond acceptors (Lipinski definition) is 3. The largest absolute Gasteiger partial charge is 0.293 e. The van der Waals surface area contributed by atoms with E-state index in [0.717, 1.165) is 10.9 Å². The van der Waals surface area contributed by atoms with E-state index in [2.05, 4.69) is 4.98 Å². The highest BCUT2D eigenvalue weighted by molar-refractivity contribution is 8.00. The molecular weight excluding hydrogens is 285 g/mol. The number of thioether (sulfide) groups is 1. The summed E-state index contributed by atoms with van der Waals surface area (Å²) < 4.78 is 13.5. The molecule has 104 valence electrons. The van der Waals surface area contributed by atoms with Gasteiger partial charge in [0.05, 0.1) is 11.3 Å². The third-order valence-electron chi connectivity index (χ3n) is 3.12. The molecule has 0 fully saturated rings. The molecule has 0 aliphatic heterocycles. The number of ketones is 1. The fourth-order valence-corrected chi connectivity index (χ4v) is 2.87. The Labute approximate surface area is 126 Å². The highest BCUT2D eigenvalue weighted by atomic mass is 32.2. The van der Waals surface area contributed by atoms with Gasteiger partial charge >= 0.3 is 0 Å². The monoisotopic (exact) mass is 297 g/mol. The lowest BCUT2D eigenvalue weighted by atomic mass is 10.1. The van der Waals surface area contributed by atoms with Crippen LogP contribution in [-0.4, -0.2) is 16.5 Å². The second-order valence-electron chi connectivity index (χ2n) is 4.55. The number of carbonyl (C=O) groups excluding carboxylic acids is 1. The molecule has 0 saturated carbocycles. The lowest BCUT2D eigenvalue weighted by Gasteiger charge is -2.04. The number of hydrogen-bond donors (Lipinski definition) is 0. The van der Waals surface area contributed by atoms with Crippen LogP contribution in [0.15, 0.2) is 65.7 Å². The fraction of sp³-hybridized carbons (Fsp3) is 0.0588. The normalized spacial score (nSPS) is 10.7. The average Bonchev–Trinajstić information content (AvgIpc) is 2.53. The molecule has 0 amide bonds. The summed E-state index contributed by atoms with van der Waals surface area (Å²) in [7, 11) is 0. The zero-order chi connectivity index (χ0) is 14.7. The van der Waals surface area contributed by atoms with E-state index < -0.39 is 0 Å². The molecule has 3 rings (SSSR count). The summed E-state index contributed by atoms with van der Waals surface area (Å²) in [5, 5.41) is 0.930. The maximum atomic E-state index is 13.5. The quantitative estimate of drug-likeness (QED) is 0.530. The Morgan fingerprint density at radius 1 is 1.10 bits per heavy atom. The first-order valence-corrected chi connectivity index (χ1v) is 7.48. The molecule has 1 aromatic heterocycles. The molecule has 21 heavy (non-hydrogen) atoms. The molecule has 0 unspecified atom stereocenters. The first-order valence-electron chi connectivity index (χ1n) is 6.49. The van der Waals surface area contributed by atoms with Crippen LogP contribution >= 0.6 is 11.8 Å². The Bertz CT molecular complexity index is 803. The molecule has 0 radical (unpaired) electrons. The number of aromatic nitrogens is 1. The number of rotatable bonds is 4. The summed E-state index contributed by atoms with van der Waals surface area (Å²) in [6, 6.07) is 15.7. The van der Waals surface area contributed by atoms with Gasteiger partial charge in [-0.3, -0.25) is 9.78 Å². The van der Waals surface area contributed by atoms with Crippen LogP contribution in [0.2, 0.25) is 0 Å². The third kappa shape index (κ3) is 3.11. The molecular formula is C17H12FNOS. The molecule has 3 aromatic rings. The predicted molar refractivity (Wildman–Crippen MR) is 83.2 cm³/mol. The number of fused-ring (bicyclic) bond motifs is 1. The van der Waals surface area contributed by atoms with Gasteiger partial charge in [0.1, 0.15) is 5.82 Å². The van der Waals surface area contributed by atoms with E-state index in [1.807, 2.05) is 24.3 Å². The molecule has 0 spiro atoms. The minimum atomic E-state index is -0.294. The summed E-state index contributed by atoms with van der Waals surface area (Å²) in [4.78, 5) is 16.9. The van der Waals surface area contributed by atoms with Crippen LogP contribution in [-0.2, 0) is 0 Å². The molecule has 0 N–H and O–H groups in total. The van der Waals surface area contributed by atoms with Crippen molar-refractivity contribution in [2.45, 2.75) is 4.90 Å². The van der Waals surface area contributed by atoms with Gasteiger partial charge in [-0.05, 0) is 36.4 Å². The molecule has 0 aliphatic rings. The summed E-state index contributed by atoms with van der Waals surface area (Å²) >= 11 is 1.22. The summed E-state index contributed by atoms with van der Waals surface area (Å²) in [6.45, 7) is 0. The maximum absolute atomic E-state index is 13.5. The van der Waals surface area contributed by atoms with Crippen molar-refractivity contribution in [2.75, 3.05) is 5.75 Å². The second-order valence-corrected chi connectivity index (χ2v) is 5.57. The molecule has 0 aliphatic carbocycles. The summed E-state index contributed by atoms with van der Waals surface area (Å²) in [5.74, 6) is -0.0980. The van der Waals surface area contributed by atoms with E-state index in [1.54, 1.807) is 30.5 Å². The van der Waals surface area contributed by atoms with Gasteiger partial charge in [0.2, 0.25) is 0 Å². The molecule has 0 bridgehead atoms. The van der Waals surface area contributed by atoms with Crippen LogP contribution in [0.4, 0.5) is 4.39 Å². The zero-order valence-electron chi connectivity index (χ0n) is 11.1. The minimum absolute atomic E-state index is 0.0194. The van der Waals surface area contributed by atoms with Crippen molar-refractivity contribution >= 4 is 28.4 Å². The van der Waals surface area contributed by atoms with Crippen LogP contribution in [0.3, 0.4) is 0 Å². The highest BCUT2D eigenvalue weighted by Gasteiger charge is 2.09. The number of halogens is 1. The molecule has 2 nitrogen and oxygen atoms in total. The number of benzene rings is 2. The summed E-state index contributed by atoms with van der Waals surface area (Å²) in [5.41, 5.74) is 1.48. The molecule has 0 saturated heterocycles. The van der Waals surface area contributed by atoms with Crippen molar-refractivity contribution < 1.29 is 9.18 Å². The topological polar surface area (TPSA) is 30.0 Å². The van der Waals surface area contributed by atoms with Crippen molar-refractivity contribution in [3.8, 4) is 0 Å². The lowest BCUT2D eigenvalue weighted by molar-refractivity contribution is 0.102. The number of nitrogens with zero attached hydrogens (tertiary/aromatic N) is 1. The van der Waals surface area contributed by atoms with Crippen molar-refractivity contribution in [1.29, 1.82) is 0 Å². The van der Waals surface area contributed by atoms with E-state index in [-0.39, 0.29) is 17.4 Å². The molecule has 2 aromatic carbocycles. The third-order valence-corrected chi connectivity index (χ3v) is 4.17. The van der Waals surface area contributed by atoms with Crippen LogP contribution in [0.25, 0.3) is 10.9 Å². The van der Waals surface area contributed by atoms with E-state index in [1.165, 1.54) is 17.8 Å². The maximum Gasteiger partial charge on any atom is 0.173 e. The first-order chi connectivity index (χ1) is 10.2. The van der Waals surface area contributed by atoms with Gasteiger partial charge < -0.3 is 0 Å². The Hall–Kier alpha value is -2.20. The molecule has 0 atom stereocenters. The Morgan fingerprint density at radius 3 is 2.81 bits per heavy atom. The lowest BCUT2D eigenvalue weighted by Crippen LogP contribution is -2.02. The SMILES string of the molecule is O=C(CSc1ccccc1F)c1ccc2ncccc2c1. The van der Waals surface area contributed by atoms with Crippen LogP contribution in [0, 0.1) is 5.82 Å². The van der Waals surface area contributed by atoms with Crippen molar-refractivity contribution in [3.05, 3.63) is 72.2 Å². The Kier molecular flexibility index (Phi) is 3.97. The number of pyridine rings is 1. The predicted octanol–water partition coefficient (Wildman–Crippen LogP) is 4.35. The van der Waals surface area contributed by atoms with Gasteiger partial charge in [-0.25, -0.2) is 4.39 Å². The Morgan fingerprint density at radius 2 is 1.95 bits per heavy atom. The van der Waals surface area contributed by atoms with E-state index >= 15 is 0 Å². The zero-order valence-corrected chi connectivity index (χ0v) is 11.9. The van der Waals surface area contributed by atoms with Gasteiger partial charge in [-0.1, -0.05) is 18.2 Å². The standard InChI is InChI=1S/C17H12FNOS/c18-14-5-1-2-6-17(14)21-11-16(20)13-7-8-15-12(10-13)4-3-9-19-15/h1-10H,11H2. The van der Waals surface area contributed by atoms with Gasteiger partial charge in [-0.2, -0.15) is 0 Å². The minimum Gasteiger partial charge on any atom is -0.293 e. The van der Waals surface area contributed by atoms with Crippen molar-refractivity contribution in [1.82, 2.24) is 4.98 Å². The smallest absolute Gasteiger partial charge is 0.173 e. The van der Waals surface area contributed by atoms with Crippen LogP contribution < -0.4 is 0 Å². The van der Waals surface area contributed by atoms with Gasteiger partial charge in [-0.15, -0.1) is 11.8 Å². The van der Waals surface area contributed by atoms with E-state index in [4.69, 9.17) is 0 Å². The van der Waals surface area contributed by atoms with E-state index in [0.29, 0.717) is 10.5 Å².